The maximum absolute atomic E-state index is 16.1. The van der Waals surface area contributed by atoms with Crippen molar-refractivity contribution in [3.63, 3.8) is 0 Å². The van der Waals surface area contributed by atoms with Crippen LogP contribution in [0.15, 0.2) is 59.5 Å². The standard InChI is InChI=1S/C25H26F2N4O3/c1-17-14-19(15-28(2)24(17)32)30(18-6-4-3-5-7-18)25-31(27)23-20(16-29-10-12-33-13-11-29)21(26)8-9-22(23)34-25/h3-9,14-15,25H,10-13,16H2,1-2H3. The number of aromatic nitrogens is 1. The second-order valence-corrected chi connectivity index (χ2v) is 8.52. The zero-order chi connectivity index (χ0) is 23.8. The van der Waals surface area contributed by atoms with Gasteiger partial charge in [-0.15, -0.1) is 5.12 Å². The van der Waals surface area contributed by atoms with E-state index in [1.807, 2.05) is 35.2 Å². The number of halogens is 2. The molecule has 0 saturated carbocycles. The van der Waals surface area contributed by atoms with Crippen molar-refractivity contribution >= 4 is 17.1 Å². The average molecular weight is 469 g/mol. The van der Waals surface area contributed by atoms with Gasteiger partial charge in [-0.1, -0.05) is 22.7 Å². The van der Waals surface area contributed by atoms with Crippen molar-refractivity contribution in [2.45, 2.75) is 19.8 Å². The normalized spacial score (nSPS) is 18.0. The molecule has 7 nitrogen and oxygen atoms in total. The fraction of sp³-hybridized carbons (Fsp3) is 0.320. The Labute approximate surface area is 196 Å². The van der Waals surface area contributed by atoms with Gasteiger partial charge in [-0.05, 0) is 37.3 Å². The molecular formula is C25H26F2N4O3. The van der Waals surface area contributed by atoms with Crippen LogP contribution in [0.3, 0.4) is 0 Å². The van der Waals surface area contributed by atoms with E-state index in [2.05, 4.69) is 0 Å². The molecule has 0 radical (unpaired) electrons. The largest absolute Gasteiger partial charge is 0.447 e. The number of anilines is 3. The second-order valence-electron chi connectivity index (χ2n) is 8.52. The number of rotatable bonds is 5. The summed E-state index contributed by atoms with van der Waals surface area (Å²) in [4.78, 5) is 16.0. The predicted molar refractivity (Wildman–Crippen MR) is 126 cm³/mol. The first kappa shape index (κ1) is 22.4. The van der Waals surface area contributed by atoms with Crippen LogP contribution in [-0.4, -0.2) is 42.1 Å². The molecule has 2 aromatic carbocycles. The molecule has 0 aliphatic carbocycles. The first-order valence-corrected chi connectivity index (χ1v) is 11.2. The quantitative estimate of drug-likeness (QED) is 0.530. The Bertz CT molecular complexity index is 1220. The molecule has 0 bridgehead atoms. The van der Waals surface area contributed by atoms with Crippen LogP contribution in [0.25, 0.3) is 0 Å². The van der Waals surface area contributed by atoms with Crippen LogP contribution >= 0.6 is 0 Å². The lowest BCUT2D eigenvalue weighted by atomic mass is 10.1. The molecule has 9 heteroatoms. The lowest BCUT2D eigenvalue weighted by Crippen LogP contribution is -2.44. The molecule has 1 saturated heterocycles. The zero-order valence-electron chi connectivity index (χ0n) is 19.1. The van der Waals surface area contributed by atoms with E-state index in [9.17, 15) is 9.18 Å². The Morgan fingerprint density at radius 2 is 1.82 bits per heavy atom. The summed E-state index contributed by atoms with van der Waals surface area (Å²) in [5.41, 5.74) is 1.94. The Kier molecular flexibility index (Phi) is 5.97. The zero-order valence-corrected chi connectivity index (χ0v) is 19.1. The molecule has 34 heavy (non-hydrogen) atoms. The number of aryl methyl sites for hydroxylation is 2. The van der Waals surface area contributed by atoms with Gasteiger partial charge < -0.3 is 14.0 Å². The summed E-state index contributed by atoms with van der Waals surface area (Å²) in [6, 6.07) is 13.7. The Balaban J connectivity index is 1.56. The molecule has 0 amide bonds. The third-order valence-electron chi connectivity index (χ3n) is 6.20. The van der Waals surface area contributed by atoms with Gasteiger partial charge in [0.05, 0.1) is 18.9 Å². The highest BCUT2D eigenvalue weighted by Gasteiger charge is 2.40. The molecule has 2 aliphatic rings. The number of morpholine rings is 1. The third kappa shape index (κ3) is 4.01. The van der Waals surface area contributed by atoms with Crippen molar-refractivity contribution in [3.8, 4) is 5.75 Å². The Morgan fingerprint density at radius 3 is 2.53 bits per heavy atom. The summed E-state index contributed by atoms with van der Waals surface area (Å²) < 4.78 is 43.9. The fourth-order valence-corrected chi connectivity index (χ4v) is 4.46. The van der Waals surface area contributed by atoms with E-state index in [1.165, 1.54) is 16.7 Å². The number of nitrogens with zero attached hydrogens (tertiary/aromatic N) is 4. The summed E-state index contributed by atoms with van der Waals surface area (Å²) in [5, 5.41) is 0.474. The molecule has 178 valence electrons. The molecule has 0 N–H and O–H groups in total. The van der Waals surface area contributed by atoms with Crippen LogP contribution in [0, 0.1) is 12.7 Å². The van der Waals surface area contributed by atoms with Gasteiger partial charge in [0.25, 0.3) is 11.9 Å². The minimum Gasteiger partial charge on any atom is -0.447 e. The Hall–Kier alpha value is -3.43. The second kappa shape index (κ2) is 9.08. The molecule has 3 heterocycles. The SMILES string of the molecule is Cc1cc(N(c2ccccc2)C2Oc3ccc(F)c(CN4CCOCC4)c3N2F)cn(C)c1=O. The number of pyridine rings is 1. The van der Waals surface area contributed by atoms with E-state index in [1.54, 1.807) is 31.1 Å². The highest BCUT2D eigenvalue weighted by atomic mass is 19.2. The van der Waals surface area contributed by atoms with Crippen LogP contribution in [0.5, 0.6) is 5.75 Å². The Morgan fingerprint density at radius 1 is 1.09 bits per heavy atom. The summed E-state index contributed by atoms with van der Waals surface area (Å²) in [5.74, 6) is -0.221. The minimum atomic E-state index is -1.22. The number of para-hydroxylation sites is 1. The van der Waals surface area contributed by atoms with E-state index in [4.69, 9.17) is 9.47 Å². The molecule has 1 fully saturated rings. The molecule has 1 atom stereocenters. The lowest BCUT2D eigenvalue weighted by Gasteiger charge is -2.32. The van der Waals surface area contributed by atoms with Crippen molar-refractivity contribution in [1.82, 2.24) is 9.47 Å². The summed E-state index contributed by atoms with van der Waals surface area (Å²) in [6.07, 6.45) is 0.414. The van der Waals surface area contributed by atoms with Gasteiger partial charge in [0, 0.05) is 49.7 Å². The summed E-state index contributed by atoms with van der Waals surface area (Å²) >= 11 is 0. The van der Waals surface area contributed by atoms with Gasteiger partial charge in [-0.3, -0.25) is 14.6 Å². The van der Waals surface area contributed by atoms with E-state index in [0.29, 0.717) is 48.4 Å². The number of ether oxygens (including phenoxy) is 2. The number of hydrogen-bond acceptors (Lipinski definition) is 6. The number of fused-ring (bicyclic) bond motifs is 1. The molecule has 0 spiro atoms. The van der Waals surface area contributed by atoms with Gasteiger partial charge in [0.15, 0.2) is 5.75 Å². The van der Waals surface area contributed by atoms with Gasteiger partial charge in [0.2, 0.25) is 0 Å². The first-order valence-electron chi connectivity index (χ1n) is 11.2. The number of hydrogen-bond donors (Lipinski definition) is 0. The van der Waals surface area contributed by atoms with Crippen molar-refractivity contribution in [2.75, 3.05) is 36.3 Å². The van der Waals surface area contributed by atoms with Gasteiger partial charge in [-0.25, -0.2) is 4.39 Å². The monoisotopic (exact) mass is 468 g/mol. The van der Waals surface area contributed by atoms with Crippen molar-refractivity contribution in [3.05, 3.63) is 82.0 Å². The topological polar surface area (TPSA) is 50.2 Å². The van der Waals surface area contributed by atoms with Gasteiger partial charge in [0.1, 0.15) is 11.5 Å². The molecule has 1 unspecified atom stereocenters. The molecule has 2 aliphatic heterocycles. The molecule has 3 aromatic rings. The fourth-order valence-electron chi connectivity index (χ4n) is 4.46. The van der Waals surface area contributed by atoms with Crippen LogP contribution in [-0.2, 0) is 18.3 Å². The highest BCUT2D eigenvalue weighted by Crippen LogP contribution is 2.45. The summed E-state index contributed by atoms with van der Waals surface area (Å²) in [6.45, 7) is 4.37. The van der Waals surface area contributed by atoms with Crippen LogP contribution in [0.2, 0.25) is 0 Å². The smallest absolute Gasteiger partial charge is 0.284 e. The third-order valence-corrected chi connectivity index (χ3v) is 6.20. The molecule has 1 aromatic heterocycles. The van der Waals surface area contributed by atoms with Gasteiger partial charge >= 0.3 is 0 Å². The van der Waals surface area contributed by atoms with E-state index < -0.39 is 12.2 Å². The van der Waals surface area contributed by atoms with Crippen molar-refractivity contribution in [1.29, 1.82) is 0 Å². The van der Waals surface area contributed by atoms with Crippen LogP contribution < -0.4 is 20.3 Å². The van der Waals surface area contributed by atoms with Crippen molar-refractivity contribution < 1.29 is 18.3 Å². The van der Waals surface area contributed by atoms with E-state index >= 15 is 4.48 Å². The van der Waals surface area contributed by atoms with E-state index in [0.717, 1.165) is 0 Å². The average Bonchev–Trinajstić information content (AvgIpc) is 3.17. The molecular weight excluding hydrogens is 442 g/mol. The lowest BCUT2D eigenvalue weighted by molar-refractivity contribution is 0.0337. The van der Waals surface area contributed by atoms with E-state index in [-0.39, 0.29) is 29.1 Å². The highest BCUT2D eigenvalue weighted by molar-refractivity contribution is 5.71. The number of benzene rings is 2. The van der Waals surface area contributed by atoms with Crippen LogP contribution in [0.1, 0.15) is 11.1 Å². The minimum absolute atomic E-state index is 0.0824. The first-order chi connectivity index (χ1) is 16.4. The maximum atomic E-state index is 16.1. The van der Waals surface area contributed by atoms with Crippen molar-refractivity contribution in [2.24, 2.45) is 7.05 Å². The summed E-state index contributed by atoms with van der Waals surface area (Å²) in [7, 11) is 1.65. The van der Waals surface area contributed by atoms with Gasteiger partial charge in [-0.2, -0.15) is 0 Å². The predicted octanol–water partition coefficient (Wildman–Crippen LogP) is 3.87. The maximum Gasteiger partial charge on any atom is 0.284 e. The molecule has 5 rings (SSSR count). The van der Waals surface area contributed by atoms with Crippen LogP contribution in [0.4, 0.5) is 25.9 Å².